The molecule has 0 saturated carbocycles. The highest BCUT2D eigenvalue weighted by Gasteiger charge is 2.40. The molecule has 2 aromatic heterocycles. The van der Waals surface area contributed by atoms with E-state index in [4.69, 9.17) is 0 Å². The molecule has 2 amide bonds. The normalized spacial score (nSPS) is 14.7. The number of fused-ring (bicyclic) bond motifs is 1. The Labute approximate surface area is 134 Å². The van der Waals surface area contributed by atoms with E-state index in [1.54, 1.807) is 24.4 Å². The molecule has 0 atom stereocenters. The number of amides is 2. The van der Waals surface area contributed by atoms with Crippen molar-refractivity contribution in [1.29, 1.82) is 0 Å². The van der Waals surface area contributed by atoms with Crippen molar-refractivity contribution in [1.82, 2.24) is 10.3 Å². The highest BCUT2D eigenvalue weighted by Crippen LogP contribution is 2.42. The minimum atomic E-state index is -4.58. The number of carbonyl (C=O) groups excluding carboxylic acids is 1. The van der Waals surface area contributed by atoms with Gasteiger partial charge in [-0.3, -0.25) is 4.90 Å². The van der Waals surface area contributed by atoms with Crippen LogP contribution in [0.5, 0.6) is 0 Å². The van der Waals surface area contributed by atoms with Gasteiger partial charge < -0.3 is 5.32 Å². The molecule has 0 aliphatic carbocycles. The first kappa shape index (κ1) is 15.5. The third kappa shape index (κ3) is 2.59. The van der Waals surface area contributed by atoms with Gasteiger partial charge in [0.25, 0.3) is 0 Å². The number of rotatable bonds is 2. The van der Waals surface area contributed by atoms with Crippen molar-refractivity contribution in [2.45, 2.75) is 13.1 Å². The summed E-state index contributed by atoms with van der Waals surface area (Å²) in [5.74, 6) is -0.0144. The zero-order valence-corrected chi connectivity index (χ0v) is 12.9. The Morgan fingerprint density at radius 2 is 2.17 bits per heavy atom. The summed E-state index contributed by atoms with van der Waals surface area (Å²) in [6, 6.07) is 3.89. The van der Waals surface area contributed by atoms with E-state index >= 15 is 0 Å². The quantitative estimate of drug-likeness (QED) is 0.884. The highest BCUT2D eigenvalue weighted by atomic mass is 32.1. The first-order valence-electron chi connectivity index (χ1n) is 6.76. The van der Waals surface area contributed by atoms with Gasteiger partial charge in [0.2, 0.25) is 0 Å². The van der Waals surface area contributed by atoms with E-state index in [2.05, 4.69) is 16.9 Å². The molecule has 3 heterocycles. The molecule has 1 aliphatic heterocycles. The molecule has 23 heavy (non-hydrogen) atoms. The molecule has 8 heteroatoms. The Balaban J connectivity index is 2.32. The number of hydrogen-bond donors (Lipinski definition) is 1. The van der Waals surface area contributed by atoms with Crippen LogP contribution >= 0.6 is 11.3 Å². The summed E-state index contributed by atoms with van der Waals surface area (Å²) in [6.07, 6.45) is -4.58. The number of anilines is 1. The fourth-order valence-electron chi connectivity index (χ4n) is 2.45. The number of urea groups is 1. The summed E-state index contributed by atoms with van der Waals surface area (Å²) in [5, 5.41) is 4.12. The van der Waals surface area contributed by atoms with Crippen LogP contribution < -0.4 is 10.2 Å². The van der Waals surface area contributed by atoms with E-state index in [0.717, 1.165) is 6.07 Å². The van der Waals surface area contributed by atoms with Crippen molar-refractivity contribution >= 4 is 28.9 Å². The van der Waals surface area contributed by atoms with Gasteiger partial charge in [-0.05, 0) is 24.4 Å². The molecule has 0 saturated heterocycles. The summed E-state index contributed by atoms with van der Waals surface area (Å²) in [7, 11) is 0. The molecule has 1 N–H and O–H groups in total. The van der Waals surface area contributed by atoms with Gasteiger partial charge in [-0.15, -0.1) is 11.3 Å². The fourth-order valence-corrected chi connectivity index (χ4v) is 3.13. The fraction of sp³-hybridized carbons (Fsp3) is 0.200. The molecule has 3 rings (SSSR count). The second-order valence-corrected chi connectivity index (χ2v) is 5.83. The lowest BCUT2D eigenvalue weighted by atomic mass is 10.0. The van der Waals surface area contributed by atoms with E-state index in [0.29, 0.717) is 4.88 Å². The van der Waals surface area contributed by atoms with Crippen molar-refractivity contribution in [3.05, 3.63) is 41.3 Å². The van der Waals surface area contributed by atoms with E-state index in [9.17, 15) is 18.0 Å². The van der Waals surface area contributed by atoms with Crippen LogP contribution in [0, 0.1) is 0 Å². The Morgan fingerprint density at radius 1 is 1.43 bits per heavy atom. The number of hydrogen-bond acceptors (Lipinski definition) is 3. The van der Waals surface area contributed by atoms with Crippen LogP contribution in [0.4, 0.5) is 23.8 Å². The first-order valence-corrected chi connectivity index (χ1v) is 7.64. The van der Waals surface area contributed by atoms with Crippen LogP contribution in [0.1, 0.15) is 18.1 Å². The predicted octanol–water partition coefficient (Wildman–Crippen LogP) is 4.35. The summed E-state index contributed by atoms with van der Waals surface area (Å²) < 4.78 is 40.5. The van der Waals surface area contributed by atoms with E-state index in [-0.39, 0.29) is 29.3 Å². The van der Waals surface area contributed by atoms with E-state index in [1.807, 2.05) is 0 Å². The molecule has 0 spiro atoms. The molecular formula is C15H12F3N3OS. The lowest BCUT2D eigenvalue weighted by molar-refractivity contribution is -0.137. The lowest BCUT2D eigenvalue weighted by Gasteiger charge is -2.31. The number of nitrogens with zero attached hydrogens (tertiary/aromatic N) is 2. The number of halogens is 3. The minimum absolute atomic E-state index is 0.0144. The first-order chi connectivity index (χ1) is 10.8. The van der Waals surface area contributed by atoms with Crippen molar-refractivity contribution in [2.24, 2.45) is 0 Å². The standard InChI is InChI=1S/C15H12F3N3OS/c1-3-21-13-12(8(2)19-14(21)22)9(15(16,17)18)7-10(20-13)11-5-4-6-23-11/h4-7H,2-3H2,1H3,(H,19,22). The average Bonchev–Trinajstić information content (AvgIpc) is 2.99. The molecule has 0 bridgehead atoms. The number of carbonyl (C=O) groups is 1. The number of aromatic nitrogens is 1. The van der Waals surface area contributed by atoms with Crippen LogP contribution in [-0.2, 0) is 6.18 Å². The maximum Gasteiger partial charge on any atom is 0.417 e. The smallest absolute Gasteiger partial charge is 0.307 e. The minimum Gasteiger partial charge on any atom is -0.307 e. The Bertz CT molecular complexity index is 784. The molecule has 2 aromatic rings. The van der Waals surface area contributed by atoms with Gasteiger partial charge >= 0.3 is 12.2 Å². The Kier molecular flexibility index (Phi) is 3.63. The molecule has 0 aromatic carbocycles. The second kappa shape index (κ2) is 5.38. The van der Waals surface area contributed by atoms with E-state index < -0.39 is 17.8 Å². The third-order valence-electron chi connectivity index (χ3n) is 3.46. The summed E-state index contributed by atoms with van der Waals surface area (Å²) in [6.45, 7) is 5.41. The zero-order valence-electron chi connectivity index (χ0n) is 12.1. The van der Waals surface area contributed by atoms with Gasteiger partial charge in [0.1, 0.15) is 5.82 Å². The van der Waals surface area contributed by atoms with Crippen molar-refractivity contribution in [3.63, 3.8) is 0 Å². The maximum absolute atomic E-state index is 13.5. The van der Waals surface area contributed by atoms with Crippen LogP contribution in [0.3, 0.4) is 0 Å². The highest BCUT2D eigenvalue weighted by molar-refractivity contribution is 7.13. The number of pyridine rings is 1. The molecule has 4 nitrogen and oxygen atoms in total. The van der Waals surface area contributed by atoms with Crippen LogP contribution in [0.15, 0.2) is 30.2 Å². The molecule has 0 fully saturated rings. The number of thiophene rings is 1. The van der Waals surface area contributed by atoms with Gasteiger partial charge in [0.05, 0.1) is 21.7 Å². The van der Waals surface area contributed by atoms with Gasteiger partial charge in [-0.1, -0.05) is 12.6 Å². The number of alkyl halides is 3. The Morgan fingerprint density at radius 3 is 2.74 bits per heavy atom. The van der Waals surface area contributed by atoms with Crippen molar-refractivity contribution < 1.29 is 18.0 Å². The Hall–Kier alpha value is -2.35. The molecule has 0 unspecified atom stereocenters. The van der Waals surface area contributed by atoms with Crippen molar-refractivity contribution in [3.8, 4) is 10.6 Å². The molecular weight excluding hydrogens is 327 g/mol. The lowest BCUT2D eigenvalue weighted by Crippen LogP contribution is -2.44. The van der Waals surface area contributed by atoms with E-state index in [1.165, 1.54) is 16.2 Å². The van der Waals surface area contributed by atoms with Gasteiger partial charge in [-0.2, -0.15) is 13.2 Å². The van der Waals surface area contributed by atoms with Gasteiger partial charge in [-0.25, -0.2) is 9.78 Å². The predicted molar refractivity (Wildman–Crippen MR) is 83.1 cm³/mol. The van der Waals surface area contributed by atoms with Crippen LogP contribution in [-0.4, -0.2) is 17.6 Å². The van der Waals surface area contributed by atoms with Crippen LogP contribution in [0.25, 0.3) is 16.3 Å². The molecule has 120 valence electrons. The SMILES string of the molecule is C=C1NC(=O)N(CC)c2nc(-c3cccs3)cc(C(F)(F)F)c21. The summed E-state index contributed by atoms with van der Waals surface area (Å²) in [5.41, 5.74) is -0.937. The average molecular weight is 339 g/mol. The van der Waals surface area contributed by atoms with Gasteiger partial charge in [0.15, 0.2) is 0 Å². The van der Waals surface area contributed by atoms with Gasteiger partial charge in [0, 0.05) is 12.2 Å². The molecule has 1 aliphatic rings. The monoisotopic (exact) mass is 339 g/mol. The number of nitrogens with one attached hydrogen (secondary N) is 1. The summed E-state index contributed by atoms with van der Waals surface area (Å²) in [4.78, 5) is 18.1. The maximum atomic E-state index is 13.5. The third-order valence-corrected chi connectivity index (χ3v) is 4.35. The summed E-state index contributed by atoms with van der Waals surface area (Å²) >= 11 is 1.29. The largest absolute Gasteiger partial charge is 0.417 e. The van der Waals surface area contributed by atoms with Crippen molar-refractivity contribution in [2.75, 3.05) is 11.4 Å². The zero-order chi connectivity index (χ0) is 16.8. The molecule has 0 radical (unpaired) electrons. The topological polar surface area (TPSA) is 45.2 Å². The van der Waals surface area contributed by atoms with Crippen LogP contribution in [0.2, 0.25) is 0 Å². The second-order valence-electron chi connectivity index (χ2n) is 4.88.